The third-order valence-electron chi connectivity index (χ3n) is 7.29. The molecule has 0 aliphatic carbocycles. The molecular formula is C35H42P2. The third-order valence-corrected chi connectivity index (χ3v) is 12.4. The van der Waals surface area contributed by atoms with Crippen molar-refractivity contribution < 1.29 is 0 Å². The molecule has 0 aromatic heterocycles. The van der Waals surface area contributed by atoms with Gasteiger partial charge >= 0.3 is 0 Å². The van der Waals surface area contributed by atoms with Crippen LogP contribution in [0.3, 0.4) is 0 Å². The number of benzene rings is 4. The zero-order chi connectivity index (χ0) is 26.0. The van der Waals surface area contributed by atoms with E-state index < -0.39 is 0 Å². The largest absolute Gasteiger partial charge is 0.0613 e. The normalized spacial score (nSPS) is 11.4. The molecule has 4 aromatic carbocycles. The number of hydrogen-bond donors (Lipinski definition) is 0. The lowest BCUT2D eigenvalue weighted by atomic mass is 10.2. The van der Waals surface area contributed by atoms with Gasteiger partial charge in [-0.1, -0.05) is 125 Å². The minimum atomic E-state index is -0.371. The first-order valence-electron chi connectivity index (χ1n) is 14.1. The van der Waals surface area contributed by atoms with E-state index in [9.17, 15) is 0 Å². The molecule has 0 nitrogen and oxygen atoms in total. The number of rotatable bonds is 12. The Morgan fingerprint density at radius 2 is 0.676 bits per heavy atom. The van der Waals surface area contributed by atoms with Crippen molar-refractivity contribution in [2.24, 2.45) is 0 Å². The molecule has 0 spiro atoms. The molecule has 0 saturated heterocycles. The average Bonchev–Trinajstić information content (AvgIpc) is 2.97. The topological polar surface area (TPSA) is 0 Å². The Morgan fingerprint density at radius 1 is 0.405 bits per heavy atom. The summed E-state index contributed by atoms with van der Waals surface area (Å²) in [4.78, 5) is 0. The van der Waals surface area contributed by atoms with E-state index in [1.807, 2.05) is 0 Å². The lowest BCUT2D eigenvalue weighted by Gasteiger charge is -2.23. The zero-order valence-electron chi connectivity index (χ0n) is 23.1. The highest BCUT2D eigenvalue weighted by Crippen LogP contribution is 2.40. The quantitative estimate of drug-likeness (QED) is 0.165. The summed E-state index contributed by atoms with van der Waals surface area (Å²) in [5.74, 6) is 0. The van der Waals surface area contributed by atoms with Gasteiger partial charge in [-0.25, -0.2) is 0 Å². The van der Waals surface area contributed by atoms with Crippen LogP contribution in [0.5, 0.6) is 0 Å². The summed E-state index contributed by atoms with van der Waals surface area (Å²) in [6.07, 6.45) is 8.12. The van der Waals surface area contributed by atoms with Crippen molar-refractivity contribution in [1.82, 2.24) is 0 Å². The Balaban J connectivity index is 1.63. The van der Waals surface area contributed by atoms with Crippen LogP contribution in [-0.2, 0) is 25.7 Å². The fourth-order valence-corrected chi connectivity index (χ4v) is 10.2. The first-order chi connectivity index (χ1) is 18.1. The van der Waals surface area contributed by atoms with Gasteiger partial charge in [0.05, 0.1) is 0 Å². The molecule has 0 radical (unpaired) electrons. The fraction of sp³-hybridized carbons (Fsp3) is 0.314. The van der Waals surface area contributed by atoms with Gasteiger partial charge < -0.3 is 0 Å². The standard InChI is InChI=1S/C35H42P2/c1-5-28-14-9-18-32(24-28)36(33-19-10-15-29(6-2)25-33)22-13-23-37(34-20-11-16-30(7-3)26-34)35-21-12-17-31(8-4)27-35/h9-12,14-21,24-27H,5-8,13,22-23H2,1-4H3. The average molecular weight is 525 g/mol. The molecule has 0 atom stereocenters. The van der Waals surface area contributed by atoms with Gasteiger partial charge in [-0.2, -0.15) is 0 Å². The summed E-state index contributed by atoms with van der Waals surface area (Å²) in [6, 6.07) is 37.6. The highest BCUT2D eigenvalue weighted by Gasteiger charge is 2.19. The number of hydrogen-bond acceptors (Lipinski definition) is 0. The predicted molar refractivity (Wildman–Crippen MR) is 170 cm³/mol. The van der Waals surface area contributed by atoms with E-state index in [0.29, 0.717) is 0 Å². The van der Waals surface area contributed by atoms with E-state index in [-0.39, 0.29) is 15.8 Å². The molecular weight excluding hydrogens is 482 g/mol. The van der Waals surface area contributed by atoms with Crippen molar-refractivity contribution >= 4 is 37.1 Å². The van der Waals surface area contributed by atoms with Gasteiger partial charge in [0.25, 0.3) is 0 Å². The van der Waals surface area contributed by atoms with Crippen LogP contribution in [0.2, 0.25) is 0 Å². The van der Waals surface area contributed by atoms with Crippen molar-refractivity contribution in [3.63, 3.8) is 0 Å². The first-order valence-corrected chi connectivity index (χ1v) is 17.1. The van der Waals surface area contributed by atoms with Gasteiger partial charge in [0.2, 0.25) is 0 Å². The Bertz CT molecular complexity index is 1080. The third kappa shape index (κ3) is 7.41. The van der Waals surface area contributed by atoms with Crippen LogP contribution in [0.1, 0.15) is 56.4 Å². The molecule has 2 heteroatoms. The molecule has 0 heterocycles. The molecule has 0 N–H and O–H groups in total. The second-order valence-electron chi connectivity index (χ2n) is 9.75. The van der Waals surface area contributed by atoms with E-state index in [1.54, 1.807) is 0 Å². The van der Waals surface area contributed by atoms with Crippen LogP contribution in [0.15, 0.2) is 97.1 Å². The van der Waals surface area contributed by atoms with Crippen LogP contribution in [-0.4, -0.2) is 12.3 Å². The monoisotopic (exact) mass is 524 g/mol. The van der Waals surface area contributed by atoms with Crippen LogP contribution in [0.4, 0.5) is 0 Å². The molecule has 4 rings (SSSR count). The SMILES string of the molecule is CCc1cccc(P(CCCP(c2cccc(CC)c2)c2cccc(CC)c2)c2cccc(CC)c2)c1. The summed E-state index contributed by atoms with van der Waals surface area (Å²) in [6.45, 7) is 9.06. The Morgan fingerprint density at radius 3 is 0.919 bits per heavy atom. The lowest BCUT2D eigenvalue weighted by molar-refractivity contribution is 1.11. The maximum Gasteiger partial charge on any atom is -0.0192 e. The van der Waals surface area contributed by atoms with Gasteiger partial charge in [-0.05, 0) is 104 Å². The molecule has 4 aromatic rings. The summed E-state index contributed by atoms with van der Waals surface area (Å²) in [5.41, 5.74) is 5.80. The maximum atomic E-state index is 2.47. The molecule has 192 valence electrons. The van der Waals surface area contributed by atoms with Crippen LogP contribution in [0.25, 0.3) is 0 Å². The molecule has 0 unspecified atom stereocenters. The van der Waals surface area contributed by atoms with Gasteiger partial charge in [0.1, 0.15) is 0 Å². The summed E-state index contributed by atoms with van der Waals surface area (Å²) < 4.78 is 0. The maximum absolute atomic E-state index is 2.47. The lowest BCUT2D eigenvalue weighted by Crippen LogP contribution is -2.18. The first kappa shape index (κ1) is 27.8. The van der Waals surface area contributed by atoms with Gasteiger partial charge in [-0.3, -0.25) is 0 Å². The van der Waals surface area contributed by atoms with Gasteiger partial charge in [0, 0.05) is 0 Å². The van der Waals surface area contributed by atoms with Gasteiger partial charge in [-0.15, -0.1) is 0 Å². The summed E-state index contributed by atoms with van der Waals surface area (Å²) in [5, 5.41) is 6.14. The van der Waals surface area contributed by atoms with Gasteiger partial charge in [0.15, 0.2) is 0 Å². The number of aryl methyl sites for hydroxylation is 4. The minimum absolute atomic E-state index is 0.371. The highest BCUT2D eigenvalue weighted by molar-refractivity contribution is 7.74. The molecule has 0 bridgehead atoms. The molecule has 0 saturated carbocycles. The zero-order valence-corrected chi connectivity index (χ0v) is 24.9. The van der Waals surface area contributed by atoms with Crippen LogP contribution >= 0.6 is 15.8 Å². The van der Waals surface area contributed by atoms with Crippen LogP contribution < -0.4 is 21.2 Å². The minimum Gasteiger partial charge on any atom is -0.0613 e. The van der Waals surface area contributed by atoms with Crippen LogP contribution in [0, 0.1) is 0 Å². The predicted octanol–water partition coefficient (Wildman–Crippen LogP) is 7.89. The fourth-order valence-electron chi connectivity index (χ4n) is 4.98. The Hall–Kier alpha value is -2.26. The van der Waals surface area contributed by atoms with E-state index in [4.69, 9.17) is 0 Å². The van der Waals surface area contributed by atoms with Crippen molar-refractivity contribution in [3.8, 4) is 0 Å². The Kier molecular flexibility index (Phi) is 10.5. The van der Waals surface area contributed by atoms with E-state index in [0.717, 1.165) is 25.7 Å². The highest BCUT2D eigenvalue weighted by atomic mass is 31.1. The molecule has 37 heavy (non-hydrogen) atoms. The van der Waals surface area contributed by atoms with E-state index >= 15 is 0 Å². The van der Waals surface area contributed by atoms with E-state index in [2.05, 4.69) is 125 Å². The van der Waals surface area contributed by atoms with Crippen molar-refractivity contribution in [1.29, 1.82) is 0 Å². The van der Waals surface area contributed by atoms with Crippen molar-refractivity contribution in [2.45, 2.75) is 59.8 Å². The van der Waals surface area contributed by atoms with Crippen molar-refractivity contribution in [3.05, 3.63) is 119 Å². The molecule has 0 aliphatic heterocycles. The molecule has 0 fully saturated rings. The van der Waals surface area contributed by atoms with Crippen molar-refractivity contribution in [2.75, 3.05) is 12.3 Å². The molecule has 0 amide bonds. The second-order valence-corrected chi connectivity index (χ2v) is 14.4. The summed E-state index contributed by atoms with van der Waals surface area (Å²) >= 11 is 0. The second kappa shape index (κ2) is 14.0. The smallest absolute Gasteiger partial charge is 0.0192 e. The molecule has 0 aliphatic rings. The Labute approximate surface area is 228 Å². The van der Waals surface area contributed by atoms with E-state index in [1.165, 1.54) is 62.2 Å². The summed E-state index contributed by atoms with van der Waals surface area (Å²) in [7, 11) is -0.743.